The van der Waals surface area contributed by atoms with Crippen molar-refractivity contribution in [2.75, 3.05) is 33.5 Å². The first-order valence-electron chi connectivity index (χ1n) is 9.54. The Morgan fingerprint density at radius 2 is 1.96 bits per heavy atom. The Morgan fingerprint density at radius 1 is 1.20 bits per heavy atom. The van der Waals surface area contributed by atoms with Gasteiger partial charge in [-0.05, 0) is 38.0 Å². The Labute approximate surface area is 151 Å². The Morgan fingerprint density at radius 3 is 2.68 bits per heavy atom. The summed E-state index contributed by atoms with van der Waals surface area (Å²) in [6.45, 7) is 4.79. The van der Waals surface area contributed by atoms with Crippen LogP contribution in [0.15, 0.2) is 12.2 Å². The van der Waals surface area contributed by atoms with E-state index in [0.717, 1.165) is 32.3 Å². The van der Waals surface area contributed by atoms with Gasteiger partial charge in [-0.1, -0.05) is 19.1 Å². The number of hydrogen-bond donors (Lipinski definition) is 1. The van der Waals surface area contributed by atoms with E-state index >= 15 is 0 Å². The van der Waals surface area contributed by atoms with Crippen LogP contribution in [0.5, 0.6) is 0 Å². The van der Waals surface area contributed by atoms with E-state index in [1.165, 1.54) is 7.05 Å². The molecule has 4 atom stereocenters. The summed E-state index contributed by atoms with van der Waals surface area (Å²) >= 11 is 0. The van der Waals surface area contributed by atoms with Gasteiger partial charge in [0.2, 0.25) is 5.91 Å². The molecule has 2 rings (SSSR count). The third-order valence-corrected chi connectivity index (χ3v) is 5.15. The maximum atomic E-state index is 11.3. The average Bonchev–Trinajstić information content (AvgIpc) is 3.19. The van der Waals surface area contributed by atoms with Crippen LogP contribution in [0, 0.1) is 11.8 Å². The lowest BCUT2D eigenvalue weighted by molar-refractivity contribution is -0.159. The Bertz CT molecular complexity index is 426. The Kier molecular flexibility index (Phi) is 8.89. The molecule has 0 saturated carbocycles. The molecule has 2 aliphatic heterocycles. The summed E-state index contributed by atoms with van der Waals surface area (Å²) < 4.78 is 17.6. The molecule has 2 fully saturated rings. The van der Waals surface area contributed by atoms with Crippen LogP contribution in [0.25, 0.3) is 0 Å². The van der Waals surface area contributed by atoms with Crippen LogP contribution in [0.2, 0.25) is 0 Å². The molecular weight excluding hydrogens is 322 g/mol. The lowest BCUT2D eigenvalue weighted by atomic mass is 9.78. The van der Waals surface area contributed by atoms with Crippen LogP contribution >= 0.6 is 0 Å². The molecule has 2 bridgehead atoms. The Balaban J connectivity index is 1.62. The van der Waals surface area contributed by atoms with Gasteiger partial charge in [-0.3, -0.25) is 10.0 Å². The number of carbonyl (C=O) groups excluding carboxylic acids is 1. The lowest BCUT2D eigenvalue weighted by Crippen LogP contribution is -2.31. The molecule has 2 saturated heterocycles. The second-order valence-electron chi connectivity index (χ2n) is 6.96. The largest absolute Gasteiger partial charge is 0.381 e. The highest BCUT2D eigenvalue weighted by Crippen LogP contribution is 2.45. The topological polar surface area (TPSA) is 68.2 Å². The first-order chi connectivity index (χ1) is 12.1. The maximum absolute atomic E-state index is 11.3. The van der Waals surface area contributed by atoms with Gasteiger partial charge >= 0.3 is 0 Å². The van der Waals surface area contributed by atoms with Gasteiger partial charge < -0.3 is 14.2 Å². The monoisotopic (exact) mass is 355 g/mol. The summed E-state index contributed by atoms with van der Waals surface area (Å²) in [7, 11) is 1.35. The summed E-state index contributed by atoms with van der Waals surface area (Å²) in [6, 6.07) is 0. The molecule has 2 heterocycles. The molecular formula is C19H33NO5. The number of rotatable bonds is 12. The summed E-state index contributed by atoms with van der Waals surface area (Å²) in [4.78, 5) is 11.3. The molecule has 144 valence electrons. The maximum Gasteiger partial charge on any atom is 0.245 e. The fourth-order valence-corrected chi connectivity index (χ4v) is 3.82. The van der Waals surface area contributed by atoms with E-state index < -0.39 is 0 Å². The van der Waals surface area contributed by atoms with E-state index in [2.05, 4.69) is 19.1 Å². The smallest absolute Gasteiger partial charge is 0.245 e. The summed E-state index contributed by atoms with van der Waals surface area (Å²) in [5, 5.41) is 9.62. The van der Waals surface area contributed by atoms with Crippen molar-refractivity contribution >= 4 is 5.91 Å². The molecule has 0 aromatic carbocycles. The molecule has 4 unspecified atom stereocenters. The zero-order valence-corrected chi connectivity index (χ0v) is 15.6. The average molecular weight is 355 g/mol. The van der Waals surface area contributed by atoms with Crippen molar-refractivity contribution < 1.29 is 24.2 Å². The molecule has 1 amide bonds. The van der Waals surface area contributed by atoms with E-state index in [1.54, 1.807) is 0 Å². The number of nitrogens with zero attached hydrogens (tertiary/aromatic N) is 1. The van der Waals surface area contributed by atoms with Crippen molar-refractivity contribution in [1.29, 1.82) is 0 Å². The van der Waals surface area contributed by atoms with E-state index in [9.17, 15) is 4.79 Å². The minimum Gasteiger partial charge on any atom is -0.381 e. The molecule has 0 aliphatic carbocycles. The standard InChI is InChI=1S/C19H33NO5/c1-3-4-5-11-24-14-16-15(17-8-9-18(16)25-17)10-13-23-12-6-7-19(21)20(2)22/h4-5,15-18,22H,3,6-14H2,1-2H3/b5-4+. The number of hydrogen-bond acceptors (Lipinski definition) is 5. The number of amides is 1. The van der Waals surface area contributed by atoms with Gasteiger partial charge in [-0.25, -0.2) is 5.06 Å². The van der Waals surface area contributed by atoms with Crippen LogP contribution < -0.4 is 0 Å². The van der Waals surface area contributed by atoms with Crippen LogP contribution in [0.3, 0.4) is 0 Å². The third-order valence-electron chi connectivity index (χ3n) is 5.15. The van der Waals surface area contributed by atoms with Gasteiger partial charge in [-0.15, -0.1) is 0 Å². The van der Waals surface area contributed by atoms with Crippen LogP contribution in [-0.2, 0) is 19.0 Å². The van der Waals surface area contributed by atoms with Gasteiger partial charge in [0, 0.05) is 32.6 Å². The van der Waals surface area contributed by atoms with Crippen LogP contribution in [-0.4, -0.2) is 61.9 Å². The van der Waals surface area contributed by atoms with Crippen molar-refractivity contribution in [2.45, 2.75) is 57.7 Å². The van der Waals surface area contributed by atoms with Crippen molar-refractivity contribution in [2.24, 2.45) is 11.8 Å². The van der Waals surface area contributed by atoms with Gasteiger partial charge in [0.1, 0.15) is 0 Å². The molecule has 0 spiro atoms. The molecule has 0 aromatic heterocycles. The van der Waals surface area contributed by atoms with Crippen LogP contribution in [0.4, 0.5) is 0 Å². The van der Waals surface area contributed by atoms with Crippen LogP contribution in [0.1, 0.15) is 45.4 Å². The molecule has 6 heteroatoms. The lowest BCUT2D eigenvalue weighted by Gasteiger charge is -2.27. The molecule has 6 nitrogen and oxygen atoms in total. The minimum atomic E-state index is -0.278. The third kappa shape index (κ3) is 6.37. The predicted octanol–water partition coefficient (Wildman–Crippen LogP) is 2.80. The van der Waals surface area contributed by atoms with Crippen molar-refractivity contribution in [3.05, 3.63) is 12.2 Å². The predicted molar refractivity (Wildman–Crippen MR) is 94.4 cm³/mol. The second-order valence-corrected chi connectivity index (χ2v) is 6.96. The second kappa shape index (κ2) is 10.9. The molecule has 0 radical (unpaired) electrons. The molecule has 25 heavy (non-hydrogen) atoms. The molecule has 2 aliphatic rings. The SMILES string of the molecule is CC/C=C/COCC1C2CCC(O2)C1CCOCCCC(=O)N(C)O. The van der Waals surface area contributed by atoms with E-state index in [-0.39, 0.29) is 5.91 Å². The fourth-order valence-electron chi connectivity index (χ4n) is 3.82. The van der Waals surface area contributed by atoms with E-state index in [0.29, 0.717) is 61.8 Å². The van der Waals surface area contributed by atoms with Crippen molar-refractivity contribution in [3.63, 3.8) is 0 Å². The number of hydroxylamine groups is 2. The zero-order chi connectivity index (χ0) is 18.1. The highest BCUT2D eigenvalue weighted by molar-refractivity contribution is 5.74. The summed E-state index contributed by atoms with van der Waals surface area (Å²) in [5.74, 6) is 0.709. The van der Waals surface area contributed by atoms with Gasteiger partial charge in [0.15, 0.2) is 0 Å². The minimum absolute atomic E-state index is 0.278. The van der Waals surface area contributed by atoms with E-state index in [1.807, 2.05) is 0 Å². The van der Waals surface area contributed by atoms with Crippen molar-refractivity contribution in [1.82, 2.24) is 5.06 Å². The summed E-state index contributed by atoms with van der Waals surface area (Å²) in [6.07, 6.45) is 10.2. The first kappa shape index (κ1) is 20.4. The van der Waals surface area contributed by atoms with Gasteiger partial charge in [0.05, 0.1) is 25.4 Å². The molecule has 1 N–H and O–H groups in total. The summed E-state index contributed by atoms with van der Waals surface area (Å²) in [5.41, 5.74) is 0. The first-order valence-corrected chi connectivity index (χ1v) is 9.54. The van der Waals surface area contributed by atoms with Crippen molar-refractivity contribution in [3.8, 4) is 0 Å². The highest BCUT2D eigenvalue weighted by Gasteiger charge is 2.48. The molecule has 0 aromatic rings. The fraction of sp³-hybridized carbons (Fsp3) is 0.842. The quantitative estimate of drug-likeness (QED) is 0.252. The van der Waals surface area contributed by atoms with Gasteiger partial charge in [0.25, 0.3) is 0 Å². The number of fused-ring (bicyclic) bond motifs is 2. The number of ether oxygens (including phenoxy) is 3. The number of allylic oxidation sites excluding steroid dienone is 1. The van der Waals surface area contributed by atoms with Gasteiger partial charge in [-0.2, -0.15) is 0 Å². The highest BCUT2D eigenvalue weighted by atomic mass is 16.5. The Hall–Kier alpha value is -0.950. The normalized spacial score (nSPS) is 28.1. The van der Waals surface area contributed by atoms with E-state index in [4.69, 9.17) is 19.4 Å². The number of carbonyl (C=O) groups is 1. The zero-order valence-electron chi connectivity index (χ0n) is 15.6.